The first-order valence-electron chi connectivity index (χ1n) is 10.9. The normalized spacial score (nSPS) is 25.1. The van der Waals surface area contributed by atoms with Gasteiger partial charge >= 0.3 is 0 Å². The van der Waals surface area contributed by atoms with Gasteiger partial charge in [0.15, 0.2) is 0 Å². The SMILES string of the molecule is O=c1ccc(N2CCCCC2CNCc2ccccn2)nn1C1CCCCC1O. The van der Waals surface area contributed by atoms with Crippen molar-refractivity contribution in [3.05, 3.63) is 52.6 Å². The van der Waals surface area contributed by atoms with E-state index in [0.717, 1.165) is 69.7 Å². The Bertz CT molecular complexity index is 841. The maximum absolute atomic E-state index is 12.5. The lowest BCUT2D eigenvalue weighted by atomic mass is 9.93. The summed E-state index contributed by atoms with van der Waals surface area (Å²) in [6.07, 6.45) is 8.36. The minimum atomic E-state index is -0.485. The molecule has 0 aromatic carbocycles. The Kier molecular flexibility index (Phi) is 6.56. The van der Waals surface area contributed by atoms with Gasteiger partial charge in [-0.05, 0) is 50.3 Å². The molecule has 3 unspecified atom stereocenters. The first-order valence-corrected chi connectivity index (χ1v) is 10.9. The second kappa shape index (κ2) is 9.50. The van der Waals surface area contributed by atoms with Gasteiger partial charge in [0, 0.05) is 37.9 Å². The Balaban J connectivity index is 1.47. The number of hydrogen-bond donors (Lipinski definition) is 2. The molecule has 1 saturated carbocycles. The van der Waals surface area contributed by atoms with E-state index in [1.54, 1.807) is 6.07 Å². The fraction of sp³-hybridized carbons (Fsp3) is 0.591. The molecule has 0 spiro atoms. The minimum absolute atomic E-state index is 0.124. The molecule has 0 radical (unpaired) electrons. The lowest BCUT2D eigenvalue weighted by Gasteiger charge is -2.37. The fourth-order valence-electron chi connectivity index (χ4n) is 4.57. The van der Waals surface area contributed by atoms with Gasteiger partial charge in [-0.15, -0.1) is 0 Å². The van der Waals surface area contributed by atoms with Crippen LogP contribution in [0, 0.1) is 0 Å². The summed E-state index contributed by atoms with van der Waals surface area (Å²) in [6.45, 7) is 2.53. The van der Waals surface area contributed by atoms with E-state index < -0.39 is 6.10 Å². The van der Waals surface area contributed by atoms with E-state index in [1.807, 2.05) is 30.5 Å². The zero-order chi connectivity index (χ0) is 20.1. The van der Waals surface area contributed by atoms with Crippen LogP contribution < -0.4 is 15.8 Å². The topological polar surface area (TPSA) is 83.3 Å². The average Bonchev–Trinajstić information content (AvgIpc) is 2.76. The van der Waals surface area contributed by atoms with Gasteiger partial charge in [-0.1, -0.05) is 18.9 Å². The van der Waals surface area contributed by atoms with Gasteiger partial charge in [-0.2, -0.15) is 5.10 Å². The molecule has 2 aromatic rings. The van der Waals surface area contributed by atoms with Crippen LogP contribution >= 0.6 is 0 Å². The van der Waals surface area contributed by atoms with E-state index in [-0.39, 0.29) is 11.6 Å². The van der Waals surface area contributed by atoms with Crippen molar-refractivity contribution in [2.45, 2.75) is 69.7 Å². The van der Waals surface area contributed by atoms with Crippen LogP contribution in [-0.4, -0.2) is 45.1 Å². The number of aliphatic hydroxyl groups excluding tert-OH is 1. The second-order valence-corrected chi connectivity index (χ2v) is 8.19. The zero-order valence-electron chi connectivity index (χ0n) is 16.9. The van der Waals surface area contributed by atoms with E-state index in [0.29, 0.717) is 6.04 Å². The molecule has 4 rings (SSSR count). The van der Waals surface area contributed by atoms with Crippen LogP contribution in [0.2, 0.25) is 0 Å². The number of rotatable bonds is 6. The maximum Gasteiger partial charge on any atom is 0.267 e. The van der Waals surface area contributed by atoms with E-state index >= 15 is 0 Å². The molecule has 1 aliphatic heterocycles. The number of anilines is 1. The van der Waals surface area contributed by atoms with Crippen molar-refractivity contribution >= 4 is 5.82 Å². The second-order valence-electron chi connectivity index (χ2n) is 8.19. The maximum atomic E-state index is 12.5. The lowest BCUT2D eigenvalue weighted by molar-refractivity contribution is 0.0669. The van der Waals surface area contributed by atoms with Crippen molar-refractivity contribution in [3.8, 4) is 0 Å². The fourth-order valence-corrected chi connectivity index (χ4v) is 4.57. The van der Waals surface area contributed by atoms with E-state index in [4.69, 9.17) is 5.10 Å². The highest BCUT2D eigenvalue weighted by molar-refractivity contribution is 5.39. The van der Waals surface area contributed by atoms with Crippen molar-refractivity contribution in [1.82, 2.24) is 20.1 Å². The summed E-state index contributed by atoms with van der Waals surface area (Å²) < 4.78 is 1.53. The lowest BCUT2D eigenvalue weighted by Crippen LogP contribution is -2.47. The van der Waals surface area contributed by atoms with Crippen molar-refractivity contribution in [3.63, 3.8) is 0 Å². The first kappa shape index (κ1) is 20.0. The highest BCUT2D eigenvalue weighted by atomic mass is 16.3. The molecule has 29 heavy (non-hydrogen) atoms. The highest BCUT2D eigenvalue weighted by Gasteiger charge is 2.28. The summed E-state index contributed by atoms with van der Waals surface area (Å²) in [5, 5.41) is 18.6. The summed E-state index contributed by atoms with van der Waals surface area (Å²) in [7, 11) is 0. The molecule has 7 heteroatoms. The molecule has 2 fully saturated rings. The summed E-state index contributed by atoms with van der Waals surface area (Å²) in [5.41, 5.74) is 0.911. The monoisotopic (exact) mass is 397 g/mol. The number of piperidine rings is 1. The van der Waals surface area contributed by atoms with Crippen LogP contribution in [0.3, 0.4) is 0 Å². The quantitative estimate of drug-likeness (QED) is 0.778. The largest absolute Gasteiger partial charge is 0.391 e. The number of aromatic nitrogens is 3. The Labute approximate surface area is 171 Å². The van der Waals surface area contributed by atoms with Gasteiger partial charge < -0.3 is 15.3 Å². The van der Waals surface area contributed by atoms with Gasteiger partial charge in [0.05, 0.1) is 17.8 Å². The van der Waals surface area contributed by atoms with E-state index in [2.05, 4.69) is 15.2 Å². The molecule has 1 aliphatic carbocycles. The average molecular weight is 398 g/mol. The van der Waals surface area contributed by atoms with Crippen molar-refractivity contribution in [2.75, 3.05) is 18.0 Å². The third-order valence-corrected chi connectivity index (χ3v) is 6.15. The van der Waals surface area contributed by atoms with E-state index in [9.17, 15) is 9.90 Å². The number of aliphatic hydroxyl groups is 1. The zero-order valence-corrected chi connectivity index (χ0v) is 16.9. The molecule has 0 amide bonds. The van der Waals surface area contributed by atoms with Gasteiger partial charge in [0.1, 0.15) is 5.82 Å². The number of pyridine rings is 1. The predicted octanol–water partition coefficient (Wildman–Crippen LogP) is 2.26. The number of nitrogens with zero attached hydrogens (tertiary/aromatic N) is 4. The Hall–Kier alpha value is -2.25. The van der Waals surface area contributed by atoms with Crippen LogP contribution in [-0.2, 0) is 6.54 Å². The smallest absolute Gasteiger partial charge is 0.267 e. The van der Waals surface area contributed by atoms with Crippen molar-refractivity contribution < 1.29 is 5.11 Å². The molecule has 3 heterocycles. The number of hydrogen-bond acceptors (Lipinski definition) is 6. The summed E-state index contributed by atoms with van der Waals surface area (Å²) >= 11 is 0. The third kappa shape index (κ3) is 4.85. The summed E-state index contributed by atoms with van der Waals surface area (Å²) in [4.78, 5) is 19.1. The number of nitrogens with one attached hydrogen (secondary N) is 1. The van der Waals surface area contributed by atoms with Crippen molar-refractivity contribution in [1.29, 1.82) is 0 Å². The van der Waals surface area contributed by atoms with Gasteiger partial charge in [-0.25, -0.2) is 4.68 Å². The third-order valence-electron chi connectivity index (χ3n) is 6.15. The molecular formula is C22H31N5O2. The molecular weight excluding hydrogens is 366 g/mol. The van der Waals surface area contributed by atoms with Gasteiger partial charge in [0.25, 0.3) is 5.56 Å². The molecule has 2 aliphatic rings. The van der Waals surface area contributed by atoms with Crippen molar-refractivity contribution in [2.24, 2.45) is 0 Å². The van der Waals surface area contributed by atoms with Crippen LogP contribution in [0.4, 0.5) is 5.82 Å². The molecule has 1 saturated heterocycles. The van der Waals surface area contributed by atoms with Gasteiger partial charge in [-0.3, -0.25) is 9.78 Å². The minimum Gasteiger partial charge on any atom is -0.391 e. The predicted molar refractivity (Wildman–Crippen MR) is 113 cm³/mol. The Morgan fingerprint density at radius 3 is 2.76 bits per heavy atom. The molecule has 156 valence electrons. The Morgan fingerprint density at radius 1 is 1.07 bits per heavy atom. The summed E-state index contributed by atoms with van der Waals surface area (Å²) in [6, 6.07) is 9.53. The first-order chi connectivity index (χ1) is 14.2. The van der Waals surface area contributed by atoms with Crippen LogP contribution in [0.1, 0.15) is 56.7 Å². The molecule has 2 aromatic heterocycles. The molecule has 7 nitrogen and oxygen atoms in total. The highest BCUT2D eigenvalue weighted by Crippen LogP contribution is 2.28. The van der Waals surface area contributed by atoms with Crippen LogP contribution in [0.15, 0.2) is 41.3 Å². The summed E-state index contributed by atoms with van der Waals surface area (Å²) in [5.74, 6) is 0.840. The van der Waals surface area contributed by atoms with Gasteiger partial charge in [0.2, 0.25) is 0 Å². The van der Waals surface area contributed by atoms with Crippen LogP contribution in [0.5, 0.6) is 0 Å². The Morgan fingerprint density at radius 2 is 1.93 bits per heavy atom. The van der Waals surface area contributed by atoms with Crippen LogP contribution in [0.25, 0.3) is 0 Å². The standard InChI is InChI=1S/C22H31N5O2/c28-20-10-2-1-9-19(20)27-22(29)12-11-21(25-27)26-14-6-4-8-18(26)16-23-15-17-7-3-5-13-24-17/h3,5,7,11-13,18-20,23,28H,1-2,4,6,8-10,14-16H2. The molecule has 0 bridgehead atoms. The molecule has 2 N–H and O–H groups in total. The van der Waals surface area contributed by atoms with E-state index in [1.165, 1.54) is 11.1 Å². The molecule has 3 atom stereocenters.